The van der Waals surface area contributed by atoms with Gasteiger partial charge in [0.1, 0.15) is 0 Å². The Morgan fingerprint density at radius 1 is 1.14 bits per heavy atom. The number of carbonyl (C=O) groups is 1. The zero-order valence-electron chi connectivity index (χ0n) is 15.5. The number of hydrogen-bond donors (Lipinski definition) is 2. The Morgan fingerprint density at radius 2 is 1.89 bits per heavy atom. The van der Waals surface area contributed by atoms with Gasteiger partial charge in [0.2, 0.25) is 10.0 Å². The summed E-state index contributed by atoms with van der Waals surface area (Å²) < 4.78 is 25.9. The first-order chi connectivity index (χ1) is 13.2. The number of sulfonamides is 1. The van der Waals surface area contributed by atoms with E-state index in [2.05, 4.69) is 9.71 Å². The van der Waals surface area contributed by atoms with Gasteiger partial charge in [0.15, 0.2) is 0 Å². The largest absolute Gasteiger partial charge is 0.358 e. The van der Waals surface area contributed by atoms with Gasteiger partial charge < -0.3 is 4.98 Å². The van der Waals surface area contributed by atoms with Gasteiger partial charge in [-0.1, -0.05) is 36.2 Å². The van der Waals surface area contributed by atoms with Crippen molar-refractivity contribution in [1.29, 1.82) is 0 Å². The standard InChI is InChI=1S/C20H20Cl2N2O3S/c1-3-8-28(26,27)24-20(25)14-5-7-19-17(10-14)16(12(2)23-19)9-13-4-6-15(21)11-18(13)22/h4-7,10-11,23H,3,8-9H2,1-2H3,(H,24,25). The molecule has 0 fully saturated rings. The Kier molecular flexibility index (Phi) is 6.03. The monoisotopic (exact) mass is 438 g/mol. The van der Waals surface area contributed by atoms with Crippen molar-refractivity contribution < 1.29 is 13.2 Å². The molecule has 148 valence electrons. The van der Waals surface area contributed by atoms with Crippen LogP contribution in [0.2, 0.25) is 10.0 Å². The predicted octanol–water partition coefficient (Wildman–Crippen LogP) is 4.84. The molecule has 3 aromatic rings. The Hall–Kier alpha value is -2.02. The molecule has 1 heterocycles. The number of aromatic amines is 1. The van der Waals surface area contributed by atoms with E-state index in [1.54, 1.807) is 37.3 Å². The maximum absolute atomic E-state index is 12.4. The highest BCUT2D eigenvalue weighted by atomic mass is 35.5. The molecule has 0 aliphatic carbocycles. The van der Waals surface area contributed by atoms with Gasteiger partial charge in [-0.25, -0.2) is 13.1 Å². The van der Waals surface area contributed by atoms with Gasteiger partial charge in [0.25, 0.3) is 5.91 Å². The lowest BCUT2D eigenvalue weighted by Gasteiger charge is -2.08. The van der Waals surface area contributed by atoms with Gasteiger partial charge in [0.05, 0.1) is 5.75 Å². The first-order valence-corrected chi connectivity index (χ1v) is 11.2. The first-order valence-electron chi connectivity index (χ1n) is 8.80. The van der Waals surface area contributed by atoms with E-state index in [1.807, 2.05) is 13.0 Å². The number of aryl methyl sites for hydroxylation is 1. The van der Waals surface area contributed by atoms with Crippen molar-refractivity contribution in [3.05, 3.63) is 68.8 Å². The molecule has 2 N–H and O–H groups in total. The SMILES string of the molecule is CCCS(=O)(=O)NC(=O)c1ccc2[nH]c(C)c(Cc3ccc(Cl)cc3Cl)c2c1. The highest BCUT2D eigenvalue weighted by Gasteiger charge is 2.17. The van der Waals surface area contributed by atoms with Gasteiger partial charge in [-0.05, 0) is 54.8 Å². The van der Waals surface area contributed by atoms with E-state index in [1.165, 1.54) is 0 Å². The second kappa shape index (κ2) is 8.15. The van der Waals surface area contributed by atoms with Gasteiger partial charge in [-0.3, -0.25) is 4.79 Å². The normalized spacial score (nSPS) is 11.7. The second-order valence-electron chi connectivity index (χ2n) is 6.65. The van der Waals surface area contributed by atoms with Gasteiger partial charge in [-0.2, -0.15) is 0 Å². The number of aromatic nitrogens is 1. The topological polar surface area (TPSA) is 79.0 Å². The van der Waals surface area contributed by atoms with Crippen LogP contribution in [0.1, 0.15) is 40.5 Å². The molecule has 2 aromatic carbocycles. The molecule has 5 nitrogen and oxygen atoms in total. The number of benzene rings is 2. The molecular weight excluding hydrogens is 419 g/mol. The van der Waals surface area contributed by atoms with E-state index < -0.39 is 15.9 Å². The van der Waals surface area contributed by atoms with Crippen molar-refractivity contribution in [2.75, 3.05) is 5.75 Å². The van der Waals surface area contributed by atoms with Crippen LogP contribution in [0.15, 0.2) is 36.4 Å². The van der Waals surface area contributed by atoms with Crippen molar-refractivity contribution in [3.8, 4) is 0 Å². The van der Waals surface area contributed by atoms with E-state index in [-0.39, 0.29) is 11.3 Å². The van der Waals surface area contributed by atoms with E-state index in [9.17, 15) is 13.2 Å². The van der Waals surface area contributed by atoms with E-state index >= 15 is 0 Å². The van der Waals surface area contributed by atoms with Crippen molar-refractivity contribution in [3.63, 3.8) is 0 Å². The minimum absolute atomic E-state index is 0.0927. The number of rotatable bonds is 6. The first kappa shape index (κ1) is 20.7. The zero-order chi connectivity index (χ0) is 20.5. The number of carbonyl (C=O) groups excluding carboxylic acids is 1. The molecule has 0 aliphatic heterocycles. The Bertz CT molecular complexity index is 1150. The van der Waals surface area contributed by atoms with Crippen LogP contribution in [0, 0.1) is 6.92 Å². The van der Waals surface area contributed by atoms with E-state index in [0.29, 0.717) is 22.9 Å². The summed E-state index contributed by atoms with van der Waals surface area (Å²) in [7, 11) is -3.63. The molecule has 0 radical (unpaired) electrons. The minimum atomic E-state index is -3.63. The Balaban J connectivity index is 1.97. The van der Waals surface area contributed by atoms with Gasteiger partial charge in [-0.15, -0.1) is 0 Å². The summed E-state index contributed by atoms with van der Waals surface area (Å²) in [5.41, 5.74) is 4.01. The van der Waals surface area contributed by atoms with Crippen LogP contribution >= 0.6 is 23.2 Å². The van der Waals surface area contributed by atoms with Gasteiger partial charge >= 0.3 is 0 Å². The van der Waals surface area contributed by atoms with Crippen LogP contribution < -0.4 is 4.72 Å². The van der Waals surface area contributed by atoms with Crippen LogP contribution in [-0.2, 0) is 16.4 Å². The highest BCUT2D eigenvalue weighted by molar-refractivity contribution is 7.90. The smallest absolute Gasteiger partial charge is 0.264 e. The third kappa shape index (κ3) is 4.51. The highest BCUT2D eigenvalue weighted by Crippen LogP contribution is 2.29. The molecule has 1 aromatic heterocycles. The molecule has 0 spiro atoms. The average Bonchev–Trinajstić information content (AvgIpc) is 2.91. The number of fused-ring (bicyclic) bond motifs is 1. The Labute approximate surface area is 174 Å². The lowest BCUT2D eigenvalue weighted by Crippen LogP contribution is -2.32. The van der Waals surface area contributed by atoms with Crippen molar-refractivity contribution >= 4 is 50.0 Å². The number of hydrogen-bond acceptors (Lipinski definition) is 3. The van der Waals surface area contributed by atoms with Crippen LogP contribution in [0.3, 0.4) is 0 Å². The van der Waals surface area contributed by atoms with Crippen LogP contribution in [0.25, 0.3) is 10.9 Å². The number of nitrogens with one attached hydrogen (secondary N) is 2. The van der Waals surface area contributed by atoms with Crippen LogP contribution in [-0.4, -0.2) is 25.1 Å². The Morgan fingerprint density at radius 3 is 2.57 bits per heavy atom. The third-order valence-corrected chi connectivity index (χ3v) is 6.51. The maximum Gasteiger partial charge on any atom is 0.264 e. The average molecular weight is 439 g/mol. The predicted molar refractivity (Wildman–Crippen MR) is 114 cm³/mol. The summed E-state index contributed by atoms with van der Waals surface area (Å²) in [6, 6.07) is 10.4. The fourth-order valence-corrected chi connectivity index (χ4v) is 4.64. The number of halogens is 2. The fraction of sp³-hybridized carbons (Fsp3) is 0.250. The summed E-state index contributed by atoms with van der Waals surface area (Å²) in [5, 5.41) is 1.99. The molecule has 3 rings (SSSR count). The molecule has 0 aliphatic rings. The van der Waals surface area contributed by atoms with Crippen LogP contribution in [0.4, 0.5) is 0 Å². The molecule has 0 unspecified atom stereocenters. The molecule has 8 heteroatoms. The summed E-state index contributed by atoms with van der Waals surface area (Å²) in [5.74, 6) is -0.727. The lowest BCUT2D eigenvalue weighted by molar-refractivity contribution is 0.0981. The molecule has 0 atom stereocenters. The van der Waals surface area contributed by atoms with Crippen molar-refractivity contribution in [1.82, 2.24) is 9.71 Å². The number of amides is 1. The third-order valence-electron chi connectivity index (χ3n) is 4.49. The van der Waals surface area contributed by atoms with E-state index in [4.69, 9.17) is 23.2 Å². The fourth-order valence-electron chi connectivity index (χ4n) is 3.13. The molecule has 0 bridgehead atoms. The lowest BCUT2D eigenvalue weighted by atomic mass is 10.0. The van der Waals surface area contributed by atoms with Crippen molar-refractivity contribution in [2.24, 2.45) is 0 Å². The van der Waals surface area contributed by atoms with Crippen LogP contribution in [0.5, 0.6) is 0 Å². The second-order valence-corrected chi connectivity index (χ2v) is 9.34. The summed E-state index contributed by atoms with van der Waals surface area (Å²) >= 11 is 12.3. The summed E-state index contributed by atoms with van der Waals surface area (Å²) in [6.45, 7) is 3.69. The van der Waals surface area contributed by atoms with Crippen molar-refractivity contribution in [2.45, 2.75) is 26.7 Å². The molecule has 0 saturated heterocycles. The maximum atomic E-state index is 12.4. The molecular formula is C20H20Cl2N2O3S. The zero-order valence-corrected chi connectivity index (χ0v) is 17.8. The molecule has 1 amide bonds. The van der Waals surface area contributed by atoms with E-state index in [0.717, 1.165) is 27.7 Å². The summed E-state index contributed by atoms with van der Waals surface area (Å²) in [6.07, 6.45) is 0.992. The quantitative estimate of drug-likeness (QED) is 0.577. The molecule has 0 saturated carbocycles. The van der Waals surface area contributed by atoms with Gasteiger partial charge in [0, 0.05) is 38.6 Å². The number of H-pyrrole nitrogens is 1. The minimum Gasteiger partial charge on any atom is -0.358 e. The molecule has 28 heavy (non-hydrogen) atoms. The summed E-state index contributed by atoms with van der Waals surface area (Å²) in [4.78, 5) is 15.7.